The van der Waals surface area contributed by atoms with Crippen LogP contribution in [0, 0.1) is 11.8 Å². The van der Waals surface area contributed by atoms with Crippen LogP contribution in [-0.2, 0) is 4.74 Å². The molecule has 1 aliphatic carbocycles. The van der Waals surface area contributed by atoms with Crippen LogP contribution < -0.4 is 14.8 Å². The van der Waals surface area contributed by atoms with Gasteiger partial charge in [0.05, 0.1) is 20.3 Å². The summed E-state index contributed by atoms with van der Waals surface area (Å²) >= 11 is 0. The largest absolute Gasteiger partial charge is 0.497 e. The zero-order chi connectivity index (χ0) is 23.3. The van der Waals surface area contributed by atoms with E-state index in [2.05, 4.69) is 43.1 Å². The molecule has 1 heterocycles. The molecular formula is C26H38N2O4. The number of rotatable bonds is 8. The van der Waals surface area contributed by atoms with Crippen LogP contribution >= 0.6 is 0 Å². The Kier molecular flexibility index (Phi) is 8.38. The number of hydrogen-bond acceptors (Lipinski definition) is 5. The highest BCUT2D eigenvalue weighted by Crippen LogP contribution is 2.31. The van der Waals surface area contributed by atoms with Crippen molar-refractivity contribution < 1.29 is 19.0 Å². The Hall–Kier alpha value is -2.31. The smallest absolute Gasteiger partial charge is 0.251 e. The number of carbonyl (C=O) groups excluding carboxylic acids is 1. The maximum absolute atomic E-state index is 12.8. The van der Waals surface area contributed by atoms with Gasteiger partial charge >= 0.3 is 0 Å². The first-order valence-electron chi connectivity index (χ1n) is 11.5. The molecule has 1 aromatic carbocycles. The van der Waals surface area contributed by atoms with E-state index in [4.69, 9.17) is 14.2 Å². The topological polar surface area (TPSA) is 60.0 Å². The predicted molar refractivity (Wildman–Crippen MR) is 127 cm³/mol. The van der Waals surface area contributed by atoms with Crippen molar-refractivity contribution in [3.05, 3.63) is 47.1 Å². The third-order valence-corrected chi connectivity index (χ3v) is 7.08. The Labute approximate surface area is 192 Å². The third-order valence-electron chi connectivity index (χ3n) is 7.08. The van der Waals surface area contributed by atoms with E-state index in [0.717, 1.165) is 25.9 Å². The van der Waals surface area contributed by atoms with E-state index in [1.165, 1.54) is 11.1 Å². The van der Waals surface area contributed by atoms with E-state index in [-0.39, 0.29) is 12.0 Å². The van der Waals surface area contributed by atoms with Crippen molar-refractivity contribution in [1.82, 2.24) is 10.2 Å². The van der Waals surface area contributed by atoms with Crippen LogP contribution in [0.1, 0.15) is 44.0 Å². The van der Waals surface area contributed by atoms with Gasteiger partial charge in [0.25, 0.3) is 5.91 Å². The number of nitrogens with zero attached hydrogens (tertiary/aromatic N) is 1. The summed E-state index contributed by atoms with van der Waals surface area (Å²) in [5.41, 5.74) is 3.37. The van der Waals surface area contributed by atoms with Gasteiger partial charge in [-0.1, -0.05) is 24.6 Å². The molecule has 1 aromatic rings. The second-order valence-electron chi connectivity index (χ2n) is 8.98. The lowest BCUT2D eigenvalue weighted by molar-refractivity contribution is 0.0922. The van der Waals surface area contributed by atoms with Crippen LogP contribution in [0.2, 0.25) is 0 Å². The van der Waals surface area contributed by atoms with Gasteiger partial charge in [-0.15, -0.1) is 0 Å². The lowest BCUT2D eigenvalue weighted by Gasteiger charge is -2.39. The Morgan fingerprint density at radius 1 is 1.19 bits per heavy atom. The molecule has 0 aromatic heterocycles. The summed E-state index contributed by atoms with van der Waals surface area (Å²) in [4.78, 5) is 15.3. The van der Waals surface area contributed by atoms with Gasteiger partial charge in [0.1, 0.15) is 11.5 Å². The van der Waals surface area contributed by atoms with Crippen LogP contribution in [0.15, 0.2) is 41.5 Å². The summed E-state index contributed by atoms with van der Waals surface area (Å²) in [6.07, 6.45) is 6.86. The van der Waals surface area contributed by atoms with Crippen LogP contribution in [0.3, 0.4) is 0 Å². The molecule has 0 bridgehead atoms. The number of methoxy groups -OCH3 is 3. The summed E-state index contributed by atoms with van der Waals surface area (Å²) in [7, 11) is 4.95. The molecule has 1 fully saturated rings. The number of hydrogen-bond donors (Lipinski definition) is 1. The number of amides is 1. The molecule has 0 spiro atoms. The van der Waals surface area contributed by atoms with Crippen molar-refractivity contribution in [2.45, 2.75) is 45.8 Å². The van der Waals surface area contributed by atoms with Gasteiger partial charge in [0.15, 0.2) is 0 Å². The number of nitrogens with one attached hydrogen (secondary N) is 1. The molecule has 6 heteroatoms. The number of likely N-dealkylation sites (tertiary alicyclic amines) is 1. The van der Waals surface area contributed by atoms with E-state index < -0.39 is 0 Å². The van der Waals surface area contributed by atoms with Gasteiger partial charge in [-0.2, -0.15) is 0 Å². The summed E-state index contributed by atoms with van der Waals surface area (Å²) in [5, 5.41) is 3.12. The highest BCUT2D eigenvalue weighted by atomic mass is 16.5. The lowest BCUT2D eigenvalue weighted by atomic mass is 9.83. The lowest BCUT2D eigenvalue weighted by Crippen LogP contribution is -2.45. The fraction of sp³-hybridized carbons (Fsp3) is 0.577. The highest BCUT2D eigenvalue weighted by Gasteiger charge is 2.29. The van der Waals surface area contributed by atoms with Gasteiger partial charge in [-0.3, -0.25) is 9.69 Å². The van der Waals surface area contributed by atoms with Gasteiger partial charge in [-0.25, -0.2) is 0 Å². The normalized spacial score (nSPS) is 24.9. The van der Waals surface area contributed by atoms with Gasteiger partial charge in [0.2, 0.25) is 0 Å². The van der Waals surface area contributed by atoms with Crippen LogP contribution in [0.5, 0.6) is 11.5 Å². The summed E-state index contributed by atoms with van der Waals surface area (Å²) in [5.74, 6) is 1.95. The number of ether oxygens (including phenoxy) is 3. The van der Waals surface area contributed by atoms with E-state index in [1.54, 1.807) is 39.5 Å². The molecular weight excluding hydrogens is 404 g/mol. The van der Waals surface area contributed by atoms with Crippen LogP contribution in [0.25, 0.3) is 0 Å². The first-order chi connectivity index (χ1) is 15.4. The highest BCUT2D eigenvalue weighted by molar-refractivity contribution is 5.95. The monoisotopic (exact) mass is 442 g/mol. The number of benzene rings is 1. The average Bonchev–Trinajstić information content (AvgIpc) is 2.83. The van der Waals surface area contributed by atoms with Crippen molar-refractivity contribution in [2.24, 2.45) is 11.8 Å². The minimum Gasteiger partial charge on any atom is -0.497 e. The van der Waals surface area contributed by atoms with Gasteiger partial charge in [0, 0.05) is 43.8 Å². The van der Waals surface area contributed by atoms with E-state index in [9.17, 15) is 4.79 Å². The minimum atomic E-state index is -0.0967. The maximum Gasteiger partial charge on any atom is 0.251 e. The zero-order valence-electron chi connectivity index (χ0n) is 20.3. The zero-order valence-corrected chi connectivity index (χ0v) is 20.3. The number of piperidine rings is 1. The molecule has 0 radical (unpaired) electrons. The molecule has 3 rings (SSSR count). The minimum absolute atomic E-state index is 0.0967. The molecule has 6 nitrogen and oxygen atoms in total. The second-order valence-corrected chi connectivity index (χ2v) is 8.98. The van der Waals surface area contributed by atoms with Crippen molar-refractivity contribution in [3.63, 3.8) is 0 Å². The van der Waals surface area contributed by atoms with Crippen molar-refractivity contribution in [1.29, 1.82) is 0 Å². The Morgan fingerprint density at radius 3 is 2.50 bits per heavy atom. The van der Waals surface area contributed by atoms with E-state index in [0.29, 0.717) is 41.5 Å². The van der Waals surface area contributed by atoms with Crippen molar-refractivity contribution in [3.8, 4) is 11.5 Å². The molecule has 1 N–H and O–H groups in total. The van der Waals surface area contributed by atoms with Crippen molar-refractivity contribution in [2.75, 3.05) is 41.0 Å². The maximum atomic E-state index is 12.8. The van der Waals surface area contributed by atoms with Crippen LogP contribution in [-0.4, -0.2) is 63.9 Å². The Bertz CT molecular complexity index is 841. The predicted octanol–water partition coefficient (Wildman–Crippen LogP) is 4.07. The quantitative estimate of drug-likeness (QED) is 0.658. The average molecular weight is 443 g/mol. The SMILES string of the molecule is COc1cc(OC)cc(C(=O)NCC2CCCN(C(C)C3=C(C)C(C)C(OC)C=C3)C2)c1. The van der Waals surface area contributed by atoms with Crippen LogP contribution in [0.4, 0.5) is 0 Å². The van der Waals surface area contributed by atoms with E-state index in [1.807, 2.05) is 0 Å². The van der Waals surface area contributed by atoms with E-state index >= 15 is 0 Å². The molecule has 0 saturated carbocycles. The fourth-order valence-electron chi connectivity index (χ4n) is 4.85. The molecule has 1 saturated heterocycles. The molecule has 2 aliphatic rings. The summed E-state index contributed by atoms with van der Waals surface area (Å²) in [6.45, 7) is 9.50. The van der Waals surface area contributed by atoms with Crippen molar-refractivity contribution >= 4 is 5.91 Å². The summed E-state index contributed by atoms with van der Waals surface area (Å²) < 4.78 is 16.2. The second kappa shape index (κ2) is 11.0. The van der Waals surface area contributed by atoms with Gasteiger partial charge in [-0.05, 0) is 56.9 Å². The van der Waals surface area contributed by atoms with Gasteiger partial charge < -0.3 is 19.5 Å². The molecule has 1 aliphatic heterocycles. The standard InChI is InChI=1S/C26H38N2O4/c1-17-18(2)25(32-6)10-9-24(17)19(3)28-11-7-8-20(16-28)15-27-26(29)21-12-22(30-4)14-23(13-21)31-5/h9-10,12-14,18-20,25H,7-8,11,15-16H2,1-6H3,(H,27,29). The molecule has 1 amide bonds. The Balaban J connectivity index is 1.60. The first-order valence-corrected chi connectivity index (χ1v) is 11.5. The molecule has 4 unspecified atom stereocenters. The molecule has 32 heavy (non-hydrogen) atoms. The first kappa shape index (κ1) is 24.3. The molecule has 176 valence electrons. The number of carbonyl (C=O) groups is 1. The third kappa shape index (κ3) is 5.54. The fourth-order valence-corrected chi connectivity index (χ4v) is 4.85. The molecule has 4 atom stereocenters. The Morgan fingerprint density at radius 2 is 1.88 bits per heavy atom. The summed E-state index contributed by atoms with van der Waals surface area (Å²) in [6, 6.07) is 5.61.